The second-order valence-corrected chi connectivity index (χ2v) is 6.48. The van der Waals surface area contributed by atoms with Crippen LogP contribution in [0.4, 0.5) is 0 Å². The Hall–Kier alpha value is -1.03. The summed E-state index contributed by atoms with van der Waals surface area (Å²) in [6.45, 7) is 0.836. The number of pyridine rings is 1. The van der Waals surface area contributed by atoms with Crippen molar-refractivity contribution in [3.63, 3.8) is 0 Å². The van der Waals surface area contributed by atoms with Crippen molar-refractivity contribution >= 4 is 16.9 Å². The SMILES string of the molecule is c1ccc(CCN=C2NC3(CCCCC3)CS2)nc1. The average molecular weight is 275 g/mol. The molecule has 102 valence electrons. The largest absolute Gasteiger partial charge is 0.359 e. The highest BCUT2D eigenvalue weighted by Gasteiger charge is 2.37. The lowest BCUT2D eigenvalue weighted by Gasteiger charge is -2.32. The van der Waals surface area contributed by atoms with E-state index in [2.05, 4.69) is 16.4 Å². The van der Waals surface area contributed by atoms with Crippen LogP contribution < -0.4 is 5.32 Å². The Morgan fingerprint density at radius 2 is 2.16 bits per heavy atom. The molecule has 1 aliphatic heterocycles. The topological polar surface area (TPSA) is 37.3 Å². The second-order valence-electron chi connectivity index (χ2n) is 5.51. The minimum Gasteiger partial charge on any atom is -0.359 e. The highest BCUT2D eigenvalue weighted by atomic mass is 32.2. The van der Waals surface area contributed by atoms with E-state index in [1.807, 2.05) is 30.1 Å². The molecule has 19 heavy (non-hydrogen) atoms. The van der Waals surface area contributed by atoms with Gasteiger partial charge in [0.15, 0.2) is 5.17 Å². The molecule has 0 bridgehead atoms. The van der Waals surface area contributed by atoms with E-state index >= 15 is 0 Å². The molecule has 1 aromatic rings. The van der Waals surface area contributed by atoms with Gasteiger partial charge in [-0.2, -0.15) is 0 Å². The van der Waals surface area contributed by atoms with Gasteiger partial charge >= 0.3 is 0 Å². The van der Waals surface area contributed by atoms with Crippen LogP contribution in [0.2, 0.25) is 0 Å². The van der Waals surface area contributed by atoms with Crippen LogP contribution in [0.25, 0.3) is 0 Å². The molecule has 1 N–H and O–H groups in total. The number of thioether (sulfide) groups is 1. The highest BCUT2D eigenvalue weighted by Crippen LogP contribution is 2.36. The van der Waals surface area contributed by atoms with Gasteiger partial charge in [0.2, 0.25) is 0 Å². The second kappa shape index (κ2) is 5.95. The Labute approximate surface area is 119 Å². The predicted octanol–water partition coefficient (Wildman–Crippen LogP) is 3.02. The fourth-order valence-electron chi connectivity index (χ4n) is 2.91. The predicted molar refractivity (Wildman–Crippen MR) is 81.7 cm³/mol. The van der Waals surface area contributed by atoms with Crippen LogP contribution in [0.3, 0.4) is 0 Å². The molecule has 0 aromatic carbocycles. The van der Waals surface area contributed by atoms with Crippen LogP contribution in [0.15, 0.2) is 29.4 Å². The molecule has 0 unspecified atom stereocenters. The van der Waals surface area contributed by atoms with Crippen molar-refractivity contribution in [1.29, 1.82) is 0 Å². The molecule has 2 fully saturated rings. The van der Waals surface area contributed by atoms with Crippen LogP contribution in [0.1, 0.15) is 37.8 Å². The Balaban J connectivity index is 1.52. The van der Waals surface area contributed by atoms with Crippen LogP contribution in [0.5, 0.6) is 0 Å². The zero-order valence-corrected chi connectivity index (χ0v) is 12.1. The van der Waals surface area contributed by atoms with Crippen molar-refractivity contribution in [3.05, 3.63) is 30.1 Å². The molecule has 3 nitrogen and oxygen atoms in total. The van der Waals surface area contributed by atoms with Crippen LogP contribution in [0, 0.1) is 0 Å². The number of rotatable bonds is 3. The summed E-state index contributed by atoms with van der Waals surface area (Å²) >= 11 is 1.90. The first kappa shape index (κ1) is 13.0. The van der Waals surface area contributed by atoms with Crippen molar-refractivity contribution in [2.45, 2.75) is 44.1 Å². The maximum Gasteiger partial charge on any atom is 0.157 e. The molecule has 4 heteroatoms. The molecule has 2 heterocycles. The van der Waals surface area contributed by atoms with Gasteiger partial charge < -0.3 is 5.32 Å². The number of nitrogens with one attached hydrogen (secondary N) is 1. The van der Waals surface area contributed by atoms with E-state index in [1.165, 1.54) is 37.9 Å². The molecule has 3 rings (SSSR count). The van der Waals surface area contributed by atoms with Crippen molar-refractivity contribution in [2.75, 3.05) is 12.3 Å². The minimum absolute atomic E-state index is 0.368. The molecular formula is C15H21N3S. The third-order valence-corrected chi connectivity index (χ3v) is 5.22. The Bertz CT molecular complexity index is 438. The Morgan fingerprint density at radius 1 is 1.26 bits per heavy atom. The van der Waals surface area contributed by atoms with Crippen molar-refractivity contribution in [2.24, 2.45) is 4.99 Å². The van der Waals surface area contributed by atoms with Crippen molar-refractivity contribution < 1.29 is 0 Å². The first-order valence-electron chi connectivity index (χ1n) is 7.22. The van der Waals surface area contributed by atoms with Gasteiger partial charge in [0.1, 0.15) is 0 Å². The van der Waals surface area contributed by atoms with Gasteiger partial charge in [-0.15, -0.1) is 0 Å². The molecule has 1 aromatic heterocycles. The molecule has 1 saturated heterocycles. The molecule has 0 atom stereocenters. The maximum absolute atomic E-state index is 4.70. The summed E-state index contributed by atoms with van der Waals surface area (Å²) in [5.74, 6) is 1.20. The molecule has 1 spiro atoms. The molecule has 0 amide bonds. The van der Waals surface area contributed by atoms with Crippen LogP contribution in [-0.2, 0) is 6.42 Å². The number of amidine groups is 1. The lowest BCUT2D eigenvalue weighted by atomic mass is 9.83. The quantitative estimate of drug-likeness (QED) is 0.921. The van der Waals surface area contributed by atoms with Crippen LogP contribution >= 0.6 is 11.8 Å². The summed E-state index contributed by atoms with van der Waals surface area (Å²) in [5, 5.41) is 4.84. The summed E-state index contributed by atoms with van der Waals surface area (Å²) in [6, 6.07) is 6.06. The van der Waals surface area contributed by atoms with E-state index in [0.29, 0.717) is 5.54 Å². The van der Waals surface area contributed by atoms with E-state index in [9.17, 15) is 0 Å². The standard InChI is InChI=1S/C15H21N3S/c1-3-8-15(9-4-1)12-19-14(18-15)17-11-7-13-6-2-5-10-16-13/h2,5-6,10H,1,3-4,7-9,11-12H2,(H,17,18). The summed E-state index contributed by atoms with van der Waals surface area (Å²) in [4.78, 5) is 9.03. The fourth-order valence-corrected chi connectivity index (χ4v) is 4.15. The summed E-state index contributed by atoms with van der Waals surface area (Å²) < 4.78 is 0. The van der Waals surface area contributed by atoms with Crippen molar-refractivity contribution in [1.82, 2.24) is 10.3 Å². The zero-order chi connectivity index (χ0) is 13.0. The maximum atomic E-state index is 4.70. The minimum atomic E-state index is 0.368. The Morgan fingerprint density at radius 3 is 2.95 bits per heavy atom. The molecule has 1 aliphatic carbocycles. The first-order chi connectivity index (χ1) is 9.36. The third-order valence-electron chi connectivity index (χ3n) is 4.02. The van der Waals surface area contributed by atoms with Crippen molar-refractivity contribution in [3.8, 4) is 0 Å². The highest BCUT2D eigenvalue weighted by molar-refractivity contribution is 8.14. The smallest absolute Gasteiger partial charge is 0.157 e. The summed E-state index contributed by atoms with van der Waals surface area (Å²) in [5.41, 5.74) is 1.49. The van der Waals surface area contributed by atoms with E-state index in [-0.39, 0.29) is 0 Å². The number of aromatic nitrogens is 1. The molecule has 0 radical (unpaired) electrons. The summed E-state index contributed by atoms with van der Waals surface area (Å²) in [7, 11) is 0. The van der Waals surface area contributed by atoms with Gasteiger partial charge in [0.05, 0.1) is 0 Å². The van der Waals surface area contributed by atoms with Gasteiger partial charge in [-0.05, 0) is 25.0 Å². The number of hydrogen-bond donors (Lipinski definition) is 1. The van der Waals surface area contributed by atoms with E-state index in [1.54, 1.807) is 0 Å². The number of nitrogens with zero attached hydrogens (tertiary/aromatic N) is 2. The monoisotopic (exact) mass is 275 g/mol. The number of hydrogen-bond acceptors (Lipinski definition) is 3. The van der Waals surface area contributed by atoms with Gasteiger partial charge in [-0.3, -0.25) is 9.98 Å². The molecule has 1 saturated carbocycles. The van der Waals surface area contributed by atoms with Crippen LogP contribution in [-0.4, -0.2) is 28.0 Å². The lowest BCUT2D eigenvalue weighted by molar-refractivity contribution is 0.303. The third kappa shape index (κ3) is 3.30. The van der Waals surface area contributed by atoms with E-state index < -0.39 is 0 Å². The van der Waals surface area contributed by atoms with E-state index in [0.717, 1.165) is 23.8 Å². The lowest BCUT2D eigenvalue weighted by Crippen LogP contribution is -2.45. The van der Waals surface area contributed by atoms with Gasteiger partial charge in [0.25, 0.3) is 0 Å². The van der Waals surface area contributed by atoms with Gasteiger partial charge in [-0.25, -0.2) is 0 Å². The summed E-state index contributed by atoms with van der Waals surface area (Å²) in [6.07, 6.45) is 9.56. The zero-order valence-electron chi connectivity index (χ0n) is 11.3. The number of aliphatic imine (C=N–C) groups is 1. The van der Waals surface area contributed by atoms with E-state index in [4.69, 9.17) is 4.99 Å². The Kier molecular flexibility index (Phi) is 4.06. The van der Waals surface area contributed by atoms with Gasteiger partial charge in [-0.1, -0.05) is 37.1 Å². The fraction of sp³-hybridized carbons (Fsp3) is 0.600. The van der Waals surface area contributed by atoms with Gasteiger partial charge in [0, 0.05) is 36.1 Å². The molecular weight excluding hydrogens is 254 g/mol. The first-order valence-corrected chi connectivity index (χ1v) is 8.20. The molecule has 2 aliphatic rings. The normalized spacial score (nSPS) is 23.7. The average Bonchev–Trinajstić information content (AvgIpc) is 2.84.